The molecule has 1 aromatic heterocycles. The fourth-order valence-corrected chi connectivity index (χ4v) is 4.80. The van der Waals surface area contributed by atoms with Gasteiger partial charge in [-0.2, -0.15) is 0 Å². The molecule has 3 atom stereocenters. The van der Waals surface area contributed by atoms with Gasteiger partial charge >= 0.3 is 0 Å². The van der Waals surface area contributed by atoms with E-state index in [2.05, 4.69) is 27.5 Å². The van der Waals surface area contributed by atoms with Gasteiger partial charge in [-0.3, -0.25) is 14.3 Å². The van der Waals surface area contributed by atoms with Crippen molar-refractivity contribution in [3.05, 3.63) is 60.5 Å². The van der Waals surface area contributed by atoms with Crippen LogP contribution in [-0.4, -0.2) is 62.8 Å². The number of benzene rings is 1. The van der Waals surface area contributed by atoms with Gasteiger partial charge in [0.1, 0.15) is 0 Å². The molecule has 0 unspecified atom stereocenters. The SMILES string of the molecule is C=CCN1C(=O)[C@@](O)([C@@H](C)/C=C/CCn2cc(CCO)nn2)c2cc(NC(=O)[C@H]3CCCN3)ccc21. The third-order valence-electron chi connectivity index (χ3n) is 6.79. The van der Waals surface area contributed by atoms with E-state index in [0.717, 1.165) is 25.1 Å². The quantitative estimate of drug-likeness (QED) is 0.348. The average molecular weight is 495 g/mol. The molecular weight excluding hydrogens is 460 g/mol. The maximum atomic E-state index is 13.4. The summed E-state index contributed by atoms with van der Waals surface area (Å²) in [6.45, 7) is 7.24. The molecule has 1 aromatic carbocycles. The molecule has 2 aliphatic rings. The number of hydrogen-bond acceptors (Lipinski definition) is 7. The number of fused-ring (bicyclic) bond motifs is 1. The summed E-state index contributed by atoms with van der Waals surface area (Å²) in [4.78, 5) is 27.6. The van der Waals surface area contributed by atoms with Crippen LogP contribution in [0.15, 0.2) is 49.2 Å². The highest BCUT2D eigenvalue weighted by atomic mass is 16.3. The van der Waals surface area contributed by atoms with E-state index in [4.69, 9.17) is 5.11 Å². The van der Waals surface area contributed by atoms with Crippen LogP contribution in [0.4, 0.5) is 11.4 Å². The smallest absolute Gasteiger partial charge is 0.264 e. The number of amides is 2. The number of carbonyl (C=O) groups is 2. The van der Waals surface area contributed by atoms with Crippen molar-refractivity contribution >= 4 is 23.2 Å². The first kappa shape index (κ1) is 25.7. The highest BCUT2D eigenvalue weighted by Gasteiger charge is 2.52. The average Bonchev–Trinajstić information content (AvgIpc) is 3.60. The molecule has 3 heterocycles. The van der Waals surface area contributed by atoms with E-state index in [1.54, 1.807) is 42.1 Å². The first-order valence-corrected chi connectivity index (χ1v) is 12.4. The van der Waals surface area contributed by atoms with Crippen molar-refractivity contribution in [2.75, 3.05) is 29.9 Å². The molecule has 2 aromatic rings. The van der Waals surface area contributed by atoms with Crippen LogP contribution in [0.3, 0.4) is 0 Å². The van der Waals surface area contributed by atoms with Gasteiger partial charge < -0.3 is 25.7 Å². The number of allylic oxidation sites excluding steroid dienone is 1. The Morgan fingerprint density at radius 3 is 3.00 bits per heavy atom. The van der Waals surface area contributed by atoms with Crippen molar-refractivity contribution in [3.8, 4) is 0 Å². The van der Waals surface area contributed by atoms with Gasteiger partial charge in [-0.05, 0) is 44.0 Å². The van der Waals surface area contributed by atoms with Crippen LogP contribution in [0.5, 0.6) is 0 Å². The van der Waals surface area contributed by atoms with Gasteiger partial charge in [-0.1, -0.05) is 30.4 Å². The second-order valence-electron chi connectivity index (χ2n) is 9.29. The van der Waals surface area contributed by atoms with Crippen LogP contribution in [0.25, 0.3) is 0 Å². The van der Waals surface area contributed by atoms with E-state index in [1.165, 1.54) is 4.90 Å². The van der Waals surface area contributed by atoms with Crippen LogP contribution < -0.4 is 15.5 Å². The second-order valence-corrected chi connectivity index (χ2v) is 9.29. The summed E-state index contributed by atoms with van der Waals surface area (Å²) >= 11 is 0. The Labute approximate surface area is 210 Å². The molecule has 36 heavy (non-hydrogen) atoms. The molecule has 10 heteroatoms. The molecule has 0 aliphatic carbocycles. The van der Waals surface area contributed by atoms with Gasteiger partial charge in [0.25, 0.3) is 5.91 Å². The third kappa shape index (κ3) is 5.11. The van der Waals surface area contributed by atoms with E-state index in [-0.39, 0.29) is 25.1 Å². The summed E-state index contributed by atoms with van der Waals surface area (Å²) < 4.78 is 1.70. The van der Waals surface area contributed by atoms with Gasteiger partial charge in [-0.15, -0.1) is 11.7 Å². The molecule has 0 spiro atoms. The molecule has 4 N–H and O–H groups in total. The summed E-state index contributed by atoms with van der Waals surface area (Å²) in [6, 6.07) is 4.98. The first-order chi connectivity index (χ1) is 17.4. The minimum atomic E-state index is -1.78. The molecule has 1 fully saturated rings. The van der Waals surface area contributed by atoms with Crippen molar-refractivity contribution < 1.29 is 19.8 Å². The minimum absolute atomic E-state index is 0.0237. The summed E-state index contributed by atoms with van der Waals surface area (Å²) in [5.41, 5.74) is 0.571. The monoisotopic (exact) mass is 494 g/mol. The molecule has 2 amide bonds. The largest absolute Gasteiger partial charge is 0.396 e. The van der Waals surface area contributed by atoms with Gasteiger partial charge in [0.15, 0.2) is 5.60 Å². The summed E-state index contributed by atoms with van der Waals surface area (Å²) in [5, 5.41) is 34.9. The van der Waals surface area contributed by atoms with Crippen LogP contribution in [0.1, 0.15) is 37.4 Å². The summed E-state index contributed by atoms with van der Waals surface area (Å²) in [5.74, 6) is -1.06. The number of aryl methyl sites for hydroxylation is 1. The Morgan fingerprint density at radius 1 is 1.44 bits per heavy atom. The van der Waals surface area contributed by atoms with Gasteiger partial charge in [0.2, 0.25) is 5.91 Å². The molecule has 10 nitrogen and oxygen atoms in total. The van der Waals surface area contributed by atoms with Crippen LogP contribution in [-0.2, 0) is 28.2 Å². The predicted molar refractivity (Wildman–Crippen MR) is 136 cm³/mol. The van der Waals surface area contributed by atoms with E-state index in [9.17, 15) is 14.7 Å². The molecule has 0 radical (unpaired) electrons. The fraction of sp³-hybridized carbons (Fsp3) is 0.462. The Kier molecular flexibility index (Phi) is 7.97. The fourth-order valence-electron chi connectivity index (χ4n) is 4.80. The zero-order valence-corrected chi connectivity index (χ0v) is 20.6. The lowest BCUT2D eigenvalue weighted by Gasteiger charge is -2.27. The first-order valence-electron chi connectivity index (χ1n) is 12.4. The number of aromatic nitrogens is 3. The number of anilines is 2. The van der Waals surface area contributed by atoms with Crippen molar-refractivity contribution in [2.24, 2.45) is 5.92 Å². The molecule has 0 bridgehead atoms. The normalized spacial score (nSPS) is 22.2. The number of hydrogen-bond donors (Lipinski definition) is 4. The van der Waals surface area contributed by atoms with E-state index in [1.807, 2.05) is 12.2 Å². The van der Waals surface area contributed by atoms with Crippen LogP contribution in [0.2, 0.25) is 0 Å². The van der Waals surface area contributed by atoms with Gasteiger partial charge in [0.05, 0.1) is 17.4 Å². The molecule has 2 aliphatic heterocycles. The molecule has 4 rings (SSSR count). The zero-order chi connectivity index (χ0) is 25.7. The van der Waals surface area contributed by atoms with E-state index < -0.39 is 17.4 Å². The minimum Gasteiger partial charge on any atom is -0.396 e. The highest BCUT2D eigenvalue weighted by molar-refractivity contribution is 6.08. The zero-order valence-electron chi connectivity index (χ0n) is 20.6. The Balaban J connectivity index is 1.51. The number of nitrogens with zero attached hydrogens (tertiary/aromatic N) is 4. The number of carbonyl (C=O) groups excluding carboxylic acids is 2. The Bertz CT molecular complexity index is 1140. The lowest BCUT2D eigenvalue weighted by Crippen LogP contribution is -2.44. The summed E-state index contributed by atoms with van der Waals surface area (Å²) in [7, 11) is 0. The van der Waals surface area contributed by atoms with Crippen molar-refractivity contribution in [1.29, 1.82) is 0 Å². The van der Waals surface area contributed by atoms with Crippen molar-refractivity contribution in [2.45, 2.75) is 50.8 Å². The lowest BCUT2D eigenvalue weighted by molar-refractivity contribution is -0.139. The van der Waals surface area contributed by atoms with E-state index in [0.29, 0.717) is 36.3 Å². The maximum Gasteiger partial charge on any atom is 0.264 e. The van der Waals surface area contributed by atoms with Crippen molar-refractivity contribution in [1.82, 2.24) is 20.3 Å². The van der Waals surface area contributed by atoms with Crippen LogP contribution in [0, 0.1) is 5.92 Å². The topological polar surface area (TPSA) is 133 Å². The predicted octanol–water partition coefficient (Wildman–Crippen LogP) is 1.51. The second kappa shape index (κ2) is 11.2. The number of aliphatic hydroxyl groups is 2. The molecule has 0 saturated carbocycles. The van der Waals surface area contributed by atoms with Gasteiger partial charge in [0, 0.05) is 49.5 Å². The number of nitrogens with one attached hydrogen (secondary N) is 2. The van der Waals surface area contributed by atoms with Gasteiger partial charge in [-0.25, -0.2) is 0 Å². The Morgan fingerprint density at radius 2 is 2.28 bits per heavy atom. The highest BCUT2D eigenvalue weighted by Crippen LogP contribution is 2.46. The van der Waals surface area contributed by atoms with Crippen molar-refractivity contribution in [3.63, 3.8) is 0 Å². The standard InChI is InChI=1S/C26H34N6O4/c1-3-13-32-23-10-9-19(28-24(34)22-8-6-12-27-22)16-21(23)26(36,25(32)35)18(2)7-4-5-14-31-17-20(11-15-33)29-30-31/h3-4,7,9-10,16-18,22,27,33,36H,1,5-6,8,11-15H2,2H3,(H,28,34)/b7-4+/t18-,22+,26+/m0/s1. The van der Waals surface area contributed by atoms with E-state index >= 15 is 0 Å². The lowest BCUT2D eigenvalue weighted by atomic mass is 9.82. The maximum absolute atomic E-state index is 13.4. The third-order valence-corrected chi connectivity index (χ3v) is 6.79. The molecule has 1 saturated heterocycles. The molecule has 192 valence electrons. The number of aliphatic hydroxyl groups excluding tert-OH is 1. The summed E-state index contributed by atoms with van der Waals surface area (Å²) in [6.07, 6.45) is 9.99. The Hall–Kier alpha value is -3.34. The number of rotatable bonds is 11. The molecular formula is C26H34N6O4. The van der Waals surface area contributed by atoms with Crippen LogP contribution >= 0.6 is 0 Å².